The van der Waals surface area contributed by atoms with Gasteiger partial charge in [-0.05, 0) is 44.9 Å². The fraction of sp³-hybridized carbons (Fsp3) is 0.500. The minimum atomic E-state index is -2.20. The predicted molar refractivity (Wildman–Crippen MR) is 89.0 cm³/mol. The highest BCUT2D eigenvalue weighted by Gasteiger charge is 2.69. The van der Waals surface area contributed by atoms with Gasteiger partial charge in [-0.1, -0.05) is 0 Å². The molecule has 26 heavy (non-hydrogen) atoms. The second kappa shape index (κ2) is 6.37. The Morgan fingerprint density at radius 1 is 1.35 bits per heavy atom. The number of carboxylic acids is 1. The maximum absolute atomic E-state index is 12.8. The van der Waals surface area contributed by atoms with Crippen molar-refractivity contribution in [3.63, 3.8) is 0 Å². The van der Waals surface area contributed by atoms with Crippen molar-refractivity contribution in [2.75, 3.05) is 13.7 Å². The lowest BCUT2D eigenvalue weighted by Gasteiger charge is -2.39. The number of hydrogen-bond donors (Lipinski definition) is 1. The van der Waals surface area contributed by atoms with Crippen molar-refractivity contribution in [1.29, 1.82) is 0 Å². The van der Waals surface area contributed by atoms with E-state index in [2.05, 4.69) is 0 Å². The van der Waals surface area contributed by atoms with E-state index < -0.39 is 29.1 Å². The maximum Gasteiger partial charge on any atom is 0.339 e. The summed E-state index contributed by atoms with van der Waals surface area (Å²) in [6.07, 6.45) is -0.0317. The molecule has 1 aromatic rings. The number of carbonyl (C=O) groups excluding carboxylic acids is 2. The van der Waals surface area contributed by atoms with Gasteiger partial charge in [0.25, 0.3) is 0 Å². The first-order valence-electron chi connectivity index (χ1n) is 8.41. The number of Topliss-reactive ketones (excluding diaryl/α,β-unsaturated/α-hetero) is 2. The highest BCUT2D eigenvalue weighted by atomic mass is 16.7. The number of carbonyl (C=O) groups is 3. The summed E-state index contributed by atoms with van der Waals surface area (Å²) in [5.74, 6) is -2.48. The molecule has 2 heterocycles. The molecule has 2 atom stereocenters. The van der Waals surface area contributed by atoms with Crippen LogP contribution in [0.3, 0.4) is 0 Å². The van der Waals surface area contributed by atoms with E-state index in [1.165, 1.54) is 13.2 Å². The molecular formula is C18H21NO7. The smallest absolute Gasteiger partial charge is 0.339 e. The molecule has 0 radical (unpaired) electrons. The fourth-order valence-corrected chi connectivity index (χ4v) is 3.64. The number of methoxy groups -OCH3 is 1. The highest BCUT2D eigenvalue weighted by Crippen LogP contribution is 2.48. The molecule has 8 nitrogen and oxygen atoms in total. The number of rotatable bonds is 6. The minimum absolute atomic E-state index is 0.132. The molecule has 3 rings (SSSR count). The predicted octanol–water partition coefficient (Wildman–Crippen LogP) is 1.09. The van der Waals surface area contributed by atoms with Gasteiger partial charge in [-0.3, -0.25) is 14.4 Å². The van der Waals surface area contributed by atoms with Crippen LogP contribution in [0, 0.1) is 0 Å². The van der Waals surface area contributed by atoms with Crippen molar-refractivity contribution in [1.82, 2.24) is 5.06 Å². The Balaban J connectivity index is 2.29. The molecule has 0 aliphatic carbocycles. The Kier molecular flexibility index (Phi) is 4.49. The third-order valence-corrected chi connectivity index (χ3v) is 4.60. The van der Waals surface area contributed by atoms with Crippen molar-refractivity contribution in [2.24, 2.45) is 0 Å². The van der Waals surface area contributed by atoms with Crippen molar-refractivity contribution in [2.45, 2.75) is 44.9 Å². The van der Waals surface area contributed by atoms with Crippen LogP contribution in [0.5, 0.6) is 11.5 Å². The van der Waals surface area contributed by atoms with Gasteiger partial charge in [0.15, 0.2) is 11.5 Å². The van der Waals surface area contributed by atoms with Crippen LogP contribution >= 0.6 is 0 Å². The van der Waals surface area contributed by atoms with Gasteiger partial charge in [-0.2, -0.15) is 0 Å². The van der Waals surface area contributed by atoms with Gasteiger partial charge in [0.1, 0.15) is 6.04 Å². The molecule has 8 heteroatoms. The van der Waals surface area contributed by atoms with Crippen LogP contribution < -0.4 is 9.47 Å². The van der Waals surface area contributed by atoms with Crippen LogP contribution in [-0.4, -0.2) is 53.6 Å². The van der Waals surface area contributed by atoms with E-state index in [1.54, 1.807) is 13.0 Å². The average molecular weight is 363 g/mol. The molecule has 1 aromatic carbocycles. The fourth-order valence-electron chi connectivity index (χ4n) is 3.64. The summed E-state index contributed by atoms with van der Waals surface area (Å²) < 4.78 is 11.1. The summed E-state index contributed by atoms with van der Waals surface area (Å²) in [5, 5.41) is 11.0. The normalized spacial score (nSPS) is 24.7. The van der Waals surface area contributed by atoms with E-state index in [-0.39, 0.29) is 24.7 Å². The molecular weight excluding hydrogens is 342 g/mol. The molecule has 1 fully saturated rings. The molecule has 0 spiro atoms. The van der Waals surface area contributed by atoms with E-state index in [1.807, 2.05) is 13.8 Å². The quantitative estimate of drug-likeness (QED) is 0.592. The number of nitrogens with zero attached hydrogens (tertiary/aromatic N) is 1. The zero-order valence-electron chi connectivity index (χ0n) is 15.1. The zero-order valence-corrected chi connectivity index (χ0v) is 15.1. The van der Waals surface area contributed by atoms with Gasteiger partial charge in [0.2, 0.25) is 17.1 Å². The molecule has 0 aromatic heterocycles. The maximum atomic E-state index is 12.8. The van der Waals surface area contributed by atoms with Crippen LogP contribution in [0.2, 0.25) is 0 Å². The van der Waals surface area contributed by atoms with Crippen LogP contribution in [-0.2, 0) is 31.2 Å². The van der Waals surface area contributed by atoms with Gasteiger partial charge >= 0.3 is 5.97 Å². The number of fused-ring (bicyclic) bond motifs is 4. The van der Waals surface area contributed by atoms with Crippen molar-refractivity contribution in [3.05, 3.63) is 23.3 Å². The van der Waals surface area contributed by atoms with Crippen molar-refractivity contribution < 1.29 is 33.8 Å². The number of aliphatic carboxylic acids is 1. The summed E-state index contributed by atoms with van der Waals surface area (Å²) in [6.45, 7) is 5.44. The van der Waals surface area contributed by atoms with Gasteiger partial charge in [0.05, 0.1) is 19.8 Å². The lowest BCUT2D eigenvalue weighted by atomic mass is 9.82. The number of benzene rings is 1. The Morgan fingerprint density at radius 3 is 2.58 bits per heavy atom. The SMILES string of the molecule is CCON1C2Cc3cc(OC)c(OC(C)C)cc3C1(C(=O)O)C(=O)C2=O. The Bertz CT molecular complexity index is 788. The first kappa shape index (κ1) is 18.3. The molecule has 2 bridgehead atoms. The average Bonchev–Trinajstić information content (AvgIpc) is 2.72. The third kappa shape index (κ3) is 2.33. The number of hydroxylamine groups is 2. The van der Waals surface area contributed by atoms with E-state index >= 15 is 0 Å². The lowest BCUT2D eigenvalue weighted by Crippen LogP contribution is -2.56. The Morgan fingerprint density at radius 2 is 2.04 bits per heavy atom. The van der Waals surface area contributed by atoms with Crippen molar-refractivity contribution in [3.8, 4) is 11.5 Å². The summed E-state index contributed by atoms with van der Waals surface area (Å²) in [7, 11) is 1.47. The lowest BCUT2D eigenvalue weighted by molar-refractivity contribution is -0.232. The van der Waals surface area contributed by atoms with Gasteiger partial charge in [0, 0.05) is 5.56 Å². The number of ether oxygens (including phenoxy) is 2. The molecule has 0 amide bonds. The number of ketones is 2. The first-order valence-corrected chi connectivity index (χ1v) is 8.41. The number of hydrogen-bond acceptors (Lipinski definition) is 7. The summed E-state index contributed by atoms with van der Waals surface area (Å²) in [4.78, 5) is 42.9. The molecule has 2 aliphatic heterocycles. The first-order chi connectivity index (χ1) is 12.3. The monoisotopic (exact) mass is 363 g/mol. The van der Waals surface area contributed by atoms with E-state index in [0.717, 1.165) is 5.06 Å². The zero-order chi connectivity index (χ0) is 19.2. The van der Waals surface area contributed by atoms with Gasteiger partial charge in [-0.25, -0.2) is 4.79 Å². The summed E-state index contributed by atoms with van der Waals surface area (Å²) >= 11 is 0. The van der Waals surface area contributed by atoms with E-state index in [4.69, 9.17) is 14.3 Å². The standard InChI is InChI=1S/C18H21NO7/c1-5-25-19-12-6-10-7-13(24-4)14(26-9(2)3)8-11(10)18(19,17(22)23)16(21)15(12)20/h7-9,12H,5-6H2,1-4H3,(H,22,23). The summed E-state index contributed by atoms with van der Waals surface area (Å²) in [6, 6.07) is 2.14. The largest absolute Gasteiger partial charge is 0.493 e. The molecule has 140 valence electrons. The van der Waals surface area contributed by atoms with E-state index in [9.17, 15) is 19.5 Å². The second-order valence-corrected chi connectivity index (χ2v) is 6.50. The molecule has 2 unspecified atom stereocenters. The molecule has 1 saturated heterocycles. The van der Waals surface area contributed by atoms with Crippen LogP contribution in [0.25, 0.3) is 0 Å². The van der Waals surface area contributed by atoms with Crippen LogP contribution in [0.4, 0.5) is 0 Å². The molecule has 2 aliphatic rings. The number of carboxylic acid groups (broad SMARTS) is 1. The topological polar surface area (TPSA) is 102 Å². The third-order valence-electron chi connectivity index (χ3n) is 4.60. The van der Waals surface area contributed by atoms with Crippen LogP contribution in [0.15, 0.2) is 12.1 Å². The molecule has 1 N–H and O–H groups in total. The van der Waals surface area contributed by atoms with E-state index in [0.29, 0.717) is 17.1 Å². The second-order valence-electron chi connectivity index (χ2n) is 6.50. The molecule has 0 saturated carbocycles. The minimum Gasteiger partial charge on any atom is -0.493 e. The summed E-state index contributed by atoms with van der Waals surface area (Å²) in [5.41, 5.74) is -1.46. The highest BCUT2D eigenvalue weighted by molar-refractivity contribution is 6.48. The van der Waals surface area contributed by atoms with Gasteiger partial charge < -0.3 is 14.6 Å². The Hall–Kier alpha value is -2.45. The van der Waals surface area contributed by atoms with Crippen LogP contribution in [0.1, 0.15) is 31.9 Å². The van der Waals surface area contributed by atoms with Gasteiger partial charge in [-0.15, -0.1) is 5.06 Å². The van der Waals surface area contributed by atoms with Crippen molar-refractivity contribution >= 4 is 17.5 Å². The Labute approximate surface area is 150 Å².